The molecule has 3 rings (SSSR count). The standard InChI is InChI=1S/C23H29NO2Si/c1-23(2,3)27(4,5)26-16-15-20-19-13-9-10-14-21(19)24(22(20)25)17-18-11-7-6-8-12-18/h6-15H,16-17H2,1-5H3/b20-15+. The van der Waals surface area contributed by atoms with E-state index in [1.54, 1.807) is 0 Å². The molecule has 27 heavy (non-hydrogen) atoms. The van der Waals surface area contributed by atoms with Gasteiger partial charge in [-0.3, -0.25) is 4.79 Å². The molecular weight excluding hydrogens is 350 g/mol. The van der Waals surface area contributed by atoms with Crippen molar-refractivity contribution in [1.82, 2.24) is 0 Å². The molecule has 0 unspecified atom stereocenters. The van der Waals surface area contributed by atoms with Crippen LogP contribution in [0.4, 0.5) is 5.69 Å². The molecule has 0 spiro atoms. The largest absolute Gasteiger partial charge is 0.413 e. The number of anilines is 1. The van der Waals surface area contributed by atoms with Crippen molar-refractivity contribution in [2.45, 2.75) is 45.4 Å². The minimum atomic E-state index is -1.84. The van der Waals surface area contributed by atoms with Gasteiger partial charge in [0, 0.05) is 11.1 Å². The Bertz CT molecular complexity index is 850. The lowest BCUT2D eigenvalue weighted by Gasteiger charge is -2.35. The summed E-state index contributed by atoms with van der Waals surface area (Å²) in [5, 5.41) is 0.155. The van der Waals surface area contributed by atoms with E-state index in [0.29, 0.717) is 13.2 Å². The summed E-state index contributed by atoms with van der Waals surface area (Å²) in [7, 11) is -1.84. The van der Waals surface area contributed by atoms with E-state index in [-0.39, 0.29) is 10.9 Å². The van der Waals surface area contributed by atoms with E-state index >= 15 is 0 Å². The summed E-state index contributed by atoms with van der Waals surface area (Å²) in [5.74, 6) is 0.0545. The number of carbonyl (C=O) groups is 1. The predicted octanol–water partition coefficient (Wildman–Crippen LogP) is 5.64. The first-order chi connectivity index (χ1) is 12.7. The number of rotatable bonds is 5. The topological polar surface area (TPSA) is 29.5 Å². The molecule has 0 bridgehead atoms. The van der Waals surface area contributed by atoms with Crippen LogP contribution >= 0.6 is 0 Å². The molecule has 0 saturated carbocycles. The van der Waals surface area contributed by atoms with E-state index in [2.05, 4.69) is 46.0 Å². The highest BCUT2D eigenvalue weighted by molar-refractivity contribution is 6.74. The number of hydrogen-bond donors (Lipinski definition) is 0. The SMILES string of the molecule is CC(C)(C)[Si](C)(C)OC/C=C1/C(=O)N(Cc2ccccc2)c2ccccc21. The summed E-state index contributed by atoms with van der Waals surface area (Å²) < 4.78 is 6.26. The lowest BCUT2D eigenvalue weighted by atomic mass is 10.1. The van der Waals surface area contributed by atoms with Crippen molar-refractivity contribution in [2.24, 2.45) is 0 Å². The molecule has 3 nitrogen and oxygen atoms in total. The van der Waals surface area contributed by atoms with Crippen LogP contribution in [0.15, 0.2) is 60.7 Å². The Morgan fingerprint density at radius 3 is 2.30 bits per heavy atom. The Labute approximate surface area is 163 Å². The molecule has 142 valence electrons. The molecule has 0 atom stereocenters. The predicted molar refractivity (Wildman–Crippen MR) is 115 cm³/mol. The van der Waals surface area contributed by atoms with Gasteiger partial charge >= 0.3 is 0 Å². The summed E-state index contributed by atoms with van der Waals surface area (Å²) in [5.41, 5.74) is 3.85. The number of benzene rings is 2. The molecule has 0 fully saturated rings. The van der Waals surface area contributed by atoms with Crippen LogP contribution in [0.1, 0.15) is 31.9 Å². The molecule has 4 heteroatoms. The lowest BCUT2D eigenvalue weighted by Crippen LogP contribution is -2.40. The van der Waals surface area contributed by atoms with Gasteiger partial charge in [-0.2, -0.15) is 0 Å². The van der Waals surface area contributed by atoms with Crippen LogP contribution in [0, 0.1) is 0 Å². The van der Waals surface area contributed by atoms with Crippen LogP contribution in [0.3, 0.4) is 0 Å². The summed E-state index contributed by atoms with van der Waals surface area (Å²) in [6.07, 6.45) is 1.96. The second kappa shape index (κ2) is 7.45. The molecule has 0 saturated heterocycles. The summed E-state index contributed by atoms with van der Waals surface area (Å²) >= 11 is 0. The number of fused-ring (bicyclic) bond motifs is 1. The molecule has 0 aliphatic carbocycles. The second-order valence-corrected chi connectivity index (χ2v) is 13.4. The van der Waals surface area contributed by atoms with Gasteiger partial charge in [0.1, 0.15) is 0 Å². The van der Waals surface area contributed by atoms with Crippen molar-refractivity contribution in [3.05, 3.63) is 71.8 Å². The van der Waals surface area contributed by atoms with Gasteiger partial charge in [-0.25, -0.2) is 0 Å². The Kier molecular flexibility index (Phi) is 5.40. The zero-order chi connectivity index (χ0) is 19.7. The van der Waals surface area contributed by atoms with E-state index in [1.807, 2.05) is 53.4 Å². The van der Waals surface area contributed by atoms with E-state index < -0.39 is 8.32 Å². The number of hydrogen-bond acceptors (Lipinski definition) is 2. The van der Waals surface area contributed by atoms with Crippen molar-refractivity contribution in [2.75, 3.05) is 11.5 Å². The minimum Gasteiger partial charge on any atom is -0.413 e. The van der Waals surface area contributed by atoms with Gasteiger partial charge in [-0.05, 0) is 35.8 Å². The Hall–Kier alpha value is -2.17. The van der Waals surface area contributed by atoms with E-state index in [9.17, 15) is 4.79 Å². The van der Waals surface area contributed by atoms with Crippen LogP contribution in [0.2, 0.25) is 18.1 Å². The molecule has 2 aromatic rings. The molecule has 1 aliphatic rings. The molecule has 2 aromatic carbocycles. The van der Waals surface area contributed by atoms with Gasteiger partial charge in [0.15, 0.2) is 8.32 Å². The smallest absolute Gasteiger partial charge is 0.259 e. The average molecular weight is 380 g/mol. The molecule has 0 radical (unpaired) electrons. The summed E-state index contributed by atoms with van der Waals surface area (Å²) in [6.45, 7) is 12.2. The van der Waals surface area contributed by atoms with E-state index in [1.165, 1.54) is 0 Å². The van der Waals surface area contributed by atoms with Crippen LogP contribution in [-0.4, -0.2) is 20.8 Å². The summed E-state index contributed by atoms with van der Waals surface area (Å²) in [4.78, 5) is 15.0. The molecule has 1 amide bonds. The highest BCUT2D eigenvalue weighted by Gasteiger charge is 2.37. The molecular formula is C23H29NO2Si. The Morgan fingerprint density at radius 2 is 1.63 bits per heavy atom. The maximum atomic E-state index is 13.1. The number of carbonyl (C=O) groups excluding carboxylic acids is 1. The van der Waals surface area contributed by atoms with Crippen molar-refractivity contribution in [3.63, 3.8) is 0 Å². The zero-order valence-electron chi connectivity index (χ0n) is 17.0. The first-order valence-corrected chi connectivity index (χ1v) is 12.4. The van der Waals surface area contributed by atoms with Gasteiger partial charge in [-0.15, -0.1) is 0 Å². The van der Waals surface area contributed by atoms with Crippen LogP contribution in [0.25, 0.3) is 5.57 Å². The van der Waals surface area contributed by atoms with Crippen LogP contribution in [0.5, 0.6) is 0 Å². The summed E-state index contributed by atoms with van der Waals surface area (Å²) in [6, 6.07) is 18.1. The van der Waals surface area contributed by atoms with Gasteiger partial charge in [-0.1, -0.05) is 69.3 Å². The maximum absolute atomic E-state index is 13.1. The van der Waals surface area contributed by atoms with Crippen molar-refractivity contribution in [1.29, 1.82) is 0 Å². The number of para-hydroxylation sites is 1. The molecule has 0 aromatic heterocycles. The molecule has 1 heterocycles. The third kappa shape index (κ3) is 4.07. The van der Waals surface area contributed by atoms with Crippen molar-refractivity contribution >= 4 is 25.5 Å². The molecule has 0 N–H and O–H groups in total. The zero-order valence-corrected chi connectivity index (χ0v) is 18.0. The van der Waals surface area contributed by atoms with Crippen molar-refractivity contribution in [3.8, 4) is 0 Å². The fraction of sp³-hybridized carbons (Fsp3) is 0.348. The fourth-order valence-electron chi connectivity index (χ4n) is 2.98. The maximum Gasteiger partial charge on any atom is 0.259 e. The quantitative estimate of drug-likeness (QED) is 0.497. The van der Waals surface area contributed by atoms with Gasteiger partial charge in [0.25, 0.3) is 5.91 Å². The van der Waals surface area contributed by atoms with Gasteiger partial charge in [0.2, 0.25) is 0 Å². The first-order valence-electron chi connectivity index (χ1n) is 9.50. The van der Waals surface area contributed by atoms with Crippen LogP contribution < -0.4 is 4.90 Å². The monoisotopic (exact) mass is 379 g/mol. The highest BCUT2D eigenvalue weighted by Crippen LogP contribution is 2.39. The van der Waals surface area contributed by atoms with E-state index in [4.69, 9.17) is 4.43 Å². The van der Waals surface area contributed by atoms with Gasteiger partial charge < -0.3 is 9.33 Å². The van der Waals surface area contributed by atoms with Crippen molar-refractivity contribution < 1.29 is 9.22 Å². The normalized spacial score (nSPS) is 16.1. The number of nitrogens with zero attached hydrogens (tertiary/aromatic N) is 1. The Balaban J connectivity index is 1.84. The number of amides is 1. The third-order valence-electron chi connectivity index (χ3n) is 5.68. The first kappa shape index (κ1) is 19.6. The second-order valence-electron chi connectivity index (χ2n) is 8.58. The third-order valence-corrected chi connectivity index (χ3v) is 10.2. The van der Waals surface area contributed by atoms with Crippen LogP contribution in [-0.2, 0) is 15.8 Å². The minimum absolute atomic E-state index is 0.0545. The highest BCUT2D eigenvalue weighted by atomic mass is 28.4. The Morgan fingerprint density at radius 1 is 1.00 bits per heavy atom. The fourth-order valence-corrected chi connectivity index (χ4v) is 3.91. The van der Waals surface area contributed by atoms with E-state index in [0.717, 1.165) is 22.4 Å². The molecule has 1 aliphatic heterocycles. The lowest BCUT2D eigenvalue weighted by molar-refractivity contribution is -0.113. The van der Waals surface area contributed by atoms with Gasteiger partial charge in [0.05, 0.1) is 18.8 Å². The average Bonchev–Trinajstić information content (AvgIpc) is 2.87.